The molecule has 0 aliphatic carbocycles. The molecule has 2 atom stereocenters. The van der Waals surface area contributed by atoms with Crippen LogP contribution in [0.2, 0.25) is 0 Å². The summed E-state index contributed by atoms with van der Waals surface area (Å²) < 4.78 is 26.3. The highest BCUT2D eigenvalue weighted by Gasteiger charge is 2.27. The van der Waals surface area contributed by atoms with Gasteiger partial charge in [-0.3, -0.25) is 10.1 Å². The maximum atomic E-state index is 13.1. The van der Waals surface area contributed by atoms with Crippen LogP contribution in [0.4, 0.5) is 8.78 Å². The van der Waals surface area contributed by atoms with E-state index in [0.29, 0.717) is 6.42 Å². The molecule has 5 N–H and O–H groups in total. The number of guanidine groups is 1. The molecule has 1 fully saturated rings. The first-order valence-electron chi connectivity index (χ1n) is 9.56. The van der Waals surface area contributed by atoms with Gasteiger partial charge in [-0.2, -0.15) is 0 Å². The van der Waals surface area contributed by atoms with Crippen molar-refractivity contribution in [2.24, 2.45) is 4.99 Å². The topological polar surface area (TPSA) is 97.8 Å². The number of hydrazine groups is 1. The summed E-state index contributed by atoms with van der Waals surface area (Å²) in [5.41, 5.74) is 6.58. The van der Waals surface area contributed by atoms with Crippen LogP contribution in [0.1, 0.15) is 42.2 Å². The Balaban J connectivity index is 1.74. The zero-order valence-electron chi connectivity index (χ0n) is 16.7. The highest BCUT2D eigenvalue weighted by atomic mass is 19.1. The van der Waals surface area contributed by atoms with E-state index >= 15 is 0 Å². The molecule has 160 valence electrons. The normalized spacial score (nSPS) is 19.6. The highest BCUT2D eigenvalue weighted by molar-refractivity contribution is 6.05. The number of aliphatic hydroxyl groups is 1. The molecule has 1 aliphatic rings. The Bertz CT molecular complexity index is 901. The Morgan fingerprint density at radius 3 is 2.30 bits per heavy atom. The number of rotatable bonds is 5. The van der Waals surface area contributed by atoms with Crippen LogP contribution in [0.3, 0.4) is 0 Å². The predicted octanol–water partition coefficient (Wildman–Crippen LogP) is 1.98. The third-order valence-electron chi connectivity index (χ3n) is 4.63. The smallest absolute Gasteiger partial charge is 0.257 e. The van der Waals surface area contributed by atoms with Crippen LogP contribution in [-0.4, -0.2) is 35.3 Å². The number of nitrogens with one attached hydrogen (secondary N) is 4. The number of amides is 1. The molecule has 1 aliphatic heterocycles. The van der Waals surface area contributed by atoms with Crippen molar-refractivity contribution in [1.82, 2.24) is 21.5 Å². The van der Waals surface area contributed by atoms with E-state index < -0.39 is 17.3 Å². The van der Waals surface area contributed by atoms with Gasteiger partial charge in [0.15, 0.2) is 5.96 Å². The molecule has 2 aromatic rings. The van der Waals surface area contributed by atoms with Gasteiger partial charge in [0.05, 0.1) is 12.1 Å². The van der Waals surface area contributed by atoms with Crippen molar-refractivity contribution in [3.8, 4) is 0 Å². The minimum atomic E-state index is -0.739. The Morgan fingerprint density at radius 1 is 1.10 bits per heavy atom. The van der Waals surface area contributed by atoms with Crippen molar-refractivity contribution in [3.63, 3.8) is 0 Å². The Hall–Kier alpha value is -2.88. The van der Waals surface area contributed by atoms with E-state index in [9.17, 15) is 18.7 Å². The molecule has 1 saturated heterocycles. The monoisotopic (exact) mass is 417 g/mol. The molecule has 9 heteroatoms. The fraction of sp³-hybridized carbons (Fsp3) is 0.333. The van der Waals surface area contributed by atoms with E-state index in [2.05, 4.69) is 26.5 Å². The number of benzene rings is 2. The first-order valence-corrected chi connectivity index (χ1v) is 9.56. The zero-order chi connectivity index (χ0) is 21.7. The number of carbonyl (C=O) groups excluding carboxylic acids is 1. The van der Waals surface area contributed by atoms with E-state index in [4.69, 9.17) is 0 Å². The standard InChI is InChI=1S/C21H25F2N5O2/c1-21(2,12-29)26-20(25-19(30)14-5-9-16(23)10-6-14)24-18-11-17(27-28-18)13-3-7-15(22)8-4-13/h3-10,17-18,27-29H,11-12H2,1-2H3,(H2,24,25,26,30). The van der Waals surface area contributed by atoms with Crippen LogP contribution in [0.25, 0.3) is 0 Å². The molecule has 0 saturated carbocycles. The molecule has 1 heterocycles. The number of hydrogen-bond donors (Lipinski definition) is 5. The van der Waals surface area contributed by atoms with Gasteiger partial charge in [0.2, 0.25) is 0 Å². The van der Waals surface area contributed by atoms with Crippen molar-refractivity contribution in [1.29, 1.82) is 0 Å². The van der Waals surface area contributed by atoms with Gasteiger partial charge >= 0.3 is 0 Å². The number of carbonyl (C=O) groups is 1. The summed E-state index contributed by atoms with van der Waals surface area (Å²) in [4.78, 5) is 17.1. The maximum absolute atomic E-state index is 13.1. The van der Waals surface area contributed by atoms with Crippen LogP contribution >= 0.6 is 0 Å². The minimum Gasteiger partial charge on any atom is -0.394 e. The third-order valence-corrected chi connectivity index (χ3v) is 4.63. The zero-order valence-corrected chi connectivity index (χ0v) is 16.7. The molecule has 2 unspecified atom stereocenters. The largest absolute Gasteiger partial charge is 0.394 e. The van der Waals surface area contributed by atoms with E-state index in [-0.39, 0.29) is 36.2 Å². The van der Waals surface area contributed by atoms with Gasteiger partial charge in [0.1, 0.15) is 17.8 Å². The van der Waals surface area contributed by atoms with Crippen LogP contribution in [0, 0.1) is 11.6 Å². The lowest BCUT2D eigenvalue weighted by molar-refractivity contribution is 0.0974. The quantitative estimate of drug-likeness (QED) is 0.379. The molecule has 1 amide bonds. The van der Waals surface area contributed by atoms with Crippen molar-refractivity contribution < 1.29 is 18.7 Å². The van der Waals surface area contributed by atoms with Crippen LogP contribution in [0.15, 0.2) is 53.5 Å². The van der Waals surface area contributed by atoms with Crippen LogP contribution in [0.5, 0.6) is 0 Å². The van der Waals surface area contributed by atoms with Crippen molar-refractivity contribution in [3.05, 3.63) is 71.3 Å². The molecule has 30 heavy (non-hydrogen) atoms. The van der Waals surface area contributed by atoms with E-state index in [1.54, 1.807) is 26.0 Å². The number of halogens is 2. The number of aliphatic hydroxyl groups excluding tert-OH is 1. The summed E-state index contributed by atoms with van der Waals surface area (Å²) >= 11 is 0. The summed E-state index contributed by atoms with van der Waals surface area (Å²) in [5.74, 6) is -1.04. The molecule has 3 rings (SSSR count). The molecule has 0 bridgehead atoms. The fourth-order valence-electron chi connectivity index (χ4n) is 2.93. The lowest BCUT2D eigenvalue weighted by atomic mass is 10.0. The van der Waals surface area contributed by atoms with E-state index in [1.165, 1.54) is 36.4 Å². The highest BCUT2D eigenvalue weighted by Crippen LogP contribution is 2.23. The van der Waals surface area contributed by atoms with Crippen LogP contribution in [-0.2, 0) is 0 Å². The molecular weight excluding hydrogens is 392 g/mol. The van der Waals surface area contributed by atoms with Crippen molar-refractivity contribution >= 4 is 11.9 Å². The summed E-state index contributed by atoms with van der Waals surface area (Å²) in [5, 5.41) is 15.3. The second-order valence-corrected chi connectivity index (χ2v) is 7.75. The first-order chi connectivity index (χ1) is 14.3. The SMILES string of the molecule is CC(C)(CO)NC(=NC1CC(c2ccc(F)cc2)NN1)NC(=O)c1ccc(F)cc1. The second-order valence-electron chi connectivity index (χ2n) is 7.75. The van der Waals surface area contributed by atoms with E-state index in [1.807, 2.05) is 0 Å². The van der Waals surface area contributed by atoms with Gasteiger partial charge in [-0.25, -0.2) is 24.6 Å². The molecule has 2 aromatic carbocycles. The number of hydrogen-bond acceptors (Lipinski definition) is 5. The second kappa shape index (κ2) is 9.29. The third kappa shape index (κ3) is 5.82. The summed E-state index contributed by atoms with van der Waals surface area (Å²) in [6.45, 7) is 3.33. The summed E-state index contributed by atoms with van der Waals surface area (Å²) in [6.07, 6.45) is 0.175. The first kappa shape index (κ1) is 21.8. The Labute approximate surface area is 173 Å². The maximum Gasteiger partial charge on any atom is 0.257 e. The van der Waals surface area contributed by atoms with Gasteiger partial charge in [-0.15, -0.1) is 0 Å². The molecular formula is C21H25F2N5O2. The van der Waals surface area contributed by atoms with Crippen molar-refractivity contribution in [2.45, 2.75) is 38.0 Å². The predicted molar refractivity (Wildman–Crippen MR) is 109 cm³/mol. The van der Waals surface area contributed by atoms with Gasteiger partial charge in [-0.1, -0.05) is 12.1 Å². The van der Waals surface area contributed by atoms with Gasteiger partial charge in [0.25, 0.3) is 5.91 Å². The Morgan fingerprint density at radius 2 is 1.70 bits per heavy atom. The number of aliphatic imine (C=N–C) groups is 1. The average Bonchev–Trinajstić information content (AvgIpc) is 3.17. The van der Waals surface area contributed by atoms with Gasteiger partial charge in [0, 0.05) is 18.0 Å². The van der Waals surface area contributed by atoms with Crippen LogP contribution < -0.4 is 21.5 Å². The molecule has 0 aromatic heterocycles. The lowest BCUT2D eigenvalue weighted by Crippen LogP contribution is -2.53. The minimum absolute atomic E-state index is 0.0840. The van der Waals surface area contributed by atoms with E-state index in [0.717, 1.165) is 5.56 Å². The number of nitrogens with zero attached hydrogens (tertiary/aromatic N) is 1. The lowest BCUT2D eigenvalue weighted by Gasteiger charge is -2.26. The molecule has 7 nitrogen and oxygen atoms in total. The average molecular weight is 417 g/mol. The van der Waals surface area contributed by atoms with Gasteiger partial charge < -0.3 is 10.4 Å². The molecule has 0 spiro atoms. The van der Waals surface area contributed by atoms with Gasteiger partial charge in [-0.05, 0) is 55.8 Å². The van der Waals surface area contributed by atoms with Crippen molar-refractivity contribution in [2.75, 3.05) is 6.61 Å². The summed E-state index contributed by atoms with van der Waals surface area (Å²) in [7, 11) is 0. The summed E-state index contributed by atoms with van der Waals surface area (Å²) in [6, 6.07) is 11.3. The molecule has 0 radical (unpaired) electrons. The fourth-order valence-corrected chi connectivity index (χ4v) is 2.93. The Kier molecular flexibility index (Phi) is 6.76.